The van der Waals surface area contributed by atoms with Crippen molar-refractivity contribution in [3.05, 3.63) is 12.7 Å². The van der Waals surface area contributed by atoms with Gasteiger partial charge in [-0.05, 0) is 25.7 Å². The summed E-state index contributed by atoms with van der Waals surface area (Å²) in [4.78, 5) is 19.1. The van der Waals surface area contributed by atoms with Crippen LogP contribution in [0.4, 0.5) is 11.9 Å². The van der Waals surface area contributed by atoms with Crippen molar-refractivity contribution < 1.29 is 0 Å². The van der Waals surface area contributed by atoms with E-state index in [9.17, 15) is 0 Å². The van der Waals surface area contributed by atoms with E-state index in [1.807, 2.05) is 0 Å². The van der Waals surface area contributed by atoms with Gasteiger partial charge >= 0.3 is 0 Å². The third-order valence-electron chi connectivity index (χ3n) is 3.76. The minimum atomic E-state index is 0.214. The van der Waals surface area contributed by atoms with Crippen molar-refractivity contribution in [2.24, 2.45) is 0 Å². The van der Waals surface area contributed by atoms with E-state index in [2.05, 4.69) is 36.9 Å². The summed E-state index contributed by atoms with van der Waals surface area (Å²) in [6, 6.07) is 0.481. The summed E-state index contributed by atoms with van der Waals surface area (Å²) in [5, 5.41) is 4.05. The van der Waals surface area contributed by atoms with E-state index >= 15 is 0 Å². The van der Waals surface area contributed by atoms with Gasteiger partial charge in [0.1, 0.15) is 12.7 Å². The zero-order chi connectivity index (χ0) is 14.7. The van der Waals surface area contributed by atoms with Crippen molar-refractivity contribution in [1.29, 1.82) is 0 Å². The summed E-state index contributed by atoms with van der Waals surface area (Å²) in [7, 11) is 0. The van der Waals surface area contributed by atoms with Crippen LogP contribution in [0.3, 0.4) is 0 Å². The predicted octanol–water partition coefficient (Wildman–Crippen LogP) is 1.19. The molecule has 0 spiro atoms. The summed E-state index contributed by atoms with van der Waals surface area (Å²) in [6.45, 7) is 3.17. The van der Waals surface area contributed by atoms with Gasteiger partial charge in [0.15, 0.2) is 0 Å². The van der Waals surface area contributed by atoms with Crippen LogP contribution < -0.4 is 10.6 Å². The Morgan fingerprint density at radius 1 is 1.24 bits per heavy atom. The fraction of sp³-hybridized carbons (Fsp3) is 0.615. The number of anilines is 2. The Morgan fingerprint density at radius 3 is 2.86 bits per heavy atom. The van der Waals surface area contributed by atoms with E-state index in [1.54, 1.807) is 6.33 Å². The van der Waals surface area contributed by atoms with Crippen LogP contribution in [0.15, 0.2) is 12.7 Å². The monoisotopic (exact) mass is 288 g/mol. The lowest BCUT2D eigenvalue weighted by Crippen LogP contribution is -2.41. The summed E-state index contributed by atoms with van der Waals surface area (Å²) >= 11 is 0. The maximum atomic E-state index is 5.84. The molecule has 0 bridgehead atoms. The van der Waals surface area contributed by atoms with Gasteiger partial charge in [-0.1, -0.05) is 13.3 Å². The molecule has 112 valence electrons. The molecular formula is C13H20N8. The minimum absolute atomic E-state index is 0.214. The fourth-order valence-electron chi connectivity index (χ4n) is 2.81. The Morgan fingerprint density at radius 2 is 2.10 bits per heavy atom. The molecule has 0 aliphatic carbocycles. The molecule has 1 atom stereocenters. The highest BCUT2D eigenvalue weighted by atomic mass is 15.4. The van der Waals surface area contributed by atoms with E-state index < -0.39 is 0 Å². The van der Waals surface area contributed by atoms with Gasteiger partial charge in [-0.15, -0.1) is 0 Å². The molecule has 1 aliphatic heterocycles. The summed E-state index contributed by atoms with van der Waals surface area (Å²) in [5.74, 6) is 1.27. The Hall–Kier alpha value is -2.25. The Balaban J connectivity index is 1.93. The third-order valence-corrected chi connectivity index (χ3v) is 3.76. The third kappa shape index (κ3) is 2.93. The quantitative estimate of drug-likeness (QED) is 0.902. The van der Waals surface area contributed by atoms with Gasteiger partial charge in [-0.2, -0.15) is 24.7 Å². The lowest BCUT2D eigenvalue weighted by Gasteiger charge is -2.35. The van der Waals surface area contributed by atoms with E-state index in [0.29, 0.717) is 17.9 Å². The smallest absolute Gasteiger partial charge is 0.258 e. The maximum Gasteiger partial charge on any atom is 0.258 e. The fourth-order valence-corrected chi connectivity index (χ4v) is 2.81. The first-order valence-electron chi connectivity index (χ1n) is 7.41. The lowest BCUT2D eigenvalue weighted by atomic mass is 9.99. The molecule has 3 heterocycles. The molecule has 0 radical (unpaired) electrons. The SMILES string of the molecule is CCCC1CCCCN1c1nc(N)nc(-n2cncn2)n1. The van der Waals surface area contributed by atoms with Crippen LogP contribution in [0, 0.1) is 0 Å². The molecule has 8 heteroatoms. The second-order valence-corrected chi connectivity index (χ2v) is 5.27. The molecule has 0 amide bonds. The second-order valence-electron chi connectivity index (χ2n) is 5.27. The van der Waals surface area contributed by atoms with Crippen LogP contribution in [-0.2, 0) is 0 Å². The highest BCUT2D eigenvalue weighted by molar-refractivity contribution is 5.39. The van der Waals surface area contributed by atoms with Crippen LogP contribution in [0.2, 0.25) is 0 Å². The van der Waals surface area contributed by atoms with Crippen molar-refractivity contribution in [3.8, 4) is 5.95 Å². The number of hydrogen-bond acceptors (Lipinski definition) is 7. The highest BCUT2D eigenvalue weighted by Gasteiger charge is 2.25. The number of hydrogen-bond donors (Lipinski definition) is 1. The van der Waals surface area contributed by atoms with Crippen LogP contribution in [0.1, 0.15) is 39.0 Å². The molecule has 1 saturated heterocycles. The van der Waals surface area contributed by atoms with Gasteiger partial charge in [0.05, 0.1) is 0 Å². The standard InChI is InChI=1S/C13H20N8/c1-2-5-10-6-3-4-7-20(10)12-17-11(14)18-13(19-12)21-9-15-8-16-21/h8-10H,2-7H2,1H3,(H2,14,17,18,19). The number of piperidine rings is 1. The van der Waals surface area contributed by atoms with Crippen LogP contribution in [0.5, 0.6) is 0 Å². The molecule has 2 aromatic rings. The summed E-state index contributed by atoms with van der Waals surface area (Å²) < 4.78 is 1.50. The van der Waals surface area contributed by atoms with Gasteiger partial charge in [0, 0.05) is 12.6 Å². The maximum absolute atomic E-state index is 5.84. The Kier molecular flexibility index (Phi) is 3.94. The molecule has 1 aliphatic rings. The molecule has 2 N–H and O–H groups in total. The normalized spacial score (nSPS) is 18.9. The largest absolute Gasteiger partial charge is 0.368 e. The van der Waals surface area contributed by atoms with Gasteiger partial charge in [0.2, 0.25) is 11.9 Å². The first-order chi connectivity index (χ1) is 10.3. The van der Waals surface area contributed by atoms with Gasteiger partial charge in [-0.25, -0.2) is 4.98 Å². The number of nitrogen functional groups attached to an aromatic ring is 1. The van der Waals surface area contributed by atoms with E-state index in [4.69, 9.17) is 5.73 Å². The first kappa shape index (κ1) is 13.7. The zero-order valence-electron chi connectivity index (χ0n) is 12.2. The lowest BCUT2D eigenvalue weighted by molar-refractivity contribution is 0.428. The van der Waals surface area contributed by atoms with Crippen molar-refractivity contribution in [3.63, 3.8) is 0 Å². The molecule has 3 rings (SSSR count). The van der Waals surface area contributed by atoms with Crippen molar-refractivity contribution in [2.45, 2.75) is 45.1 Å². The van der Waals surface area contributed by atoms with Crippen molar-refractivity contribution in [2.75, 3.05) is 17.2 Å². The summed E-state index contributed by atoms with van der Waals surface area (Å²) in [6.07, 6.45) is 8.89. The van der Waals surface area contributed by atoms with E-state index in [-0.39, 0.29) is 5.95 Å². The minimum Gasteiger partial charge on any atom is -0.368 e. The average Bonchev–Trinajstić information content (AvgIpc) is 3.02. The van der Waals surface area contributed by atoms with Crippen LogP contribution >= 0.6 is 0 Å². The first-order valence-corrected chi connectivity index (χ1v) is 7.41. The van der Waals surface area contributed by atoms with Crippen molar-refractivity contribution >= 4 is 11.9 Å². The Bertz CT molecular complexity index is 580. The molecule has 0 saturated carbocycles. The molecule has 1 unspecified atom stereocenters. The average molecular weight is 288 g/mol. The highest BCUT2D eigenvalue weighted by Crippen LogP contribution is 2.25. The predicted molar refractivity (Wildman–Crippen MR) is 79.0 cm³/mol. The molecule has 8 nitrogen and oxygen atoms in total. The topological polar surface area (TPSA) is 98.6 Å². The number of nitrogens with two attached hydrogens (primary N) is 1. The molecule has 1 fully saturated rings. The molecule has 0 aromatic carbocycles. The Labute approximate surface area is 123 Å². The molecule has 21 heavy (non-hydrogen) atoms. The molecule has 2 aromatic heterocycles. The number of aromatic nitrogens is 6. The van der Waals surface area contributed by atoms with Crippen LogP contribution in [-0.4, -0.2) is 42.3 Å². The summed E-state index contributed by atoms with van der Waals surface area (Å²) in [5.41, 5.74) is 5.84. The van der Waals surface area contributed by atoms with Gasteiger partial charge < -0.3 is 10.6 Å². The number of nitrogens with zero attached hydrogens (tertiary/aromatic N) is 7. The van der Waals surface area contributed by atoms with E-state index in [1.165, 1.54) is 23.9 Å². The molecular weight excluding hydrogens is 268 g/mol. The second kappa shape index (κ2) is 6.02. The van der Waals surface area contributed by atoms with Gasteiger partial charge in [0.25, 0.3) is 5.95 Å². The van der Waals surface area contributed by atoms with E-state index in [0.717, 1.165) is 25.8 Å². The zero-order valence-corrected chi connectivity index (χ0v) is 12.2. The van der Waals surface area contributed by atoms with Crippen LogP contribution in [0.25, 0.3) is 5.95 Å². The van der Waals surface area contributed by atoms with Gasteiger partial charge in [-0.3, -0.25) is 0 Å². The number of rotatable bonds is 4. The van der Waals surface area contributed by atoms with Crippen molar-refractivity contribution in [1.82, 2.24) is 29.7 Å².